The number of nitriles is 1. The van der Waals surface area contributed by atoms with Gasteiger partial charge in [0.2, 0.25) is 0 Å². The van der Waals surface area contributed by atoms with Gasteiger partial charge >= 0.3 is 6.09 Å². The van der Waals surface area contributed by atoms with Crippen LogP contribution in [0.4, 0.5) is 4.79 Å². The summed E-state index contributed by atoms with van der Waals surface area (Å²) in [7, 11) is 1.68. The van der Waals surface area contributed by atoms with Crippen LogP contribution >= 0.6 is 0 Å². The summed E-state index contributed by atoms with van der Waals surface area (Å²) >= 11 is 0. The number of methoxy groups -OCH3 is 1. The summed E-state index contributed by atoms with van der Waals surface area (Å²) in [6.45, 7) is 7.07. The fraction of sp³-hybridized carbons (Fsp3) is 0.577. The molecule has 0 spiro atoms. The number of aryl methyl sites for hydroxylation is 1. The Morgan fingerprint density at radius 3 is 2.78 bits per heavy atom. The number of aromatic nitrogens is 1. The lowest BCUT2D eigenvalue weighted by Gasteiger charge is -2.39. The van der Waals surface area contributed by atoms with Gasteiger partial charge in [-0.15, -0.1) is 0 Å². The second-order valence-electron chi connectivity index (χ2n) is 9.68. The molecular formula is C26H35N3O3. The molecule has 0 unspecified atom stereocenters. The van der Waals surface area contributed by atoms with Gasteiger partial charge in [-0.1, -0.05) is 0 Å². The third-order valence-corrected chi connectivity index (χ3v) is 6.23. The first kappa shape index (κ1) is 23.8. The summed E-state index contributed by atoms with van der Waals surface area (Å²) in [5, 5.41) is 10.3. The monoisotopic (exact) mass is 437 g/mol. The van der Waals surface area contributed by atoms with Gasteiger partial charge in [0.05, 0.1) is 18.7 Å². The lowest BCUT2D eigenvalue weighted by atomic mass is 9.79. The van der Waals surface area contributed by atoms with Crippen LogP contribution in [0.25, 0.3) is 10.9 Å². The van der Waals surface area contributed by atoms with Crippen molar-refractivity contribution in [2.24, 2.45) is 11.8 Å². The fourth-order valence-electron chi connectivity index (χ4n) is 4.61. The van der Waals surface area contributed by atoms with Crippen molar-refractivity contribution in [1.82, 2.24) is 9.88 Å². The predicted octanol–water partition coefficient (Wildman–Crippen LogP) is 5.74. The summed E-state index contributed by atoms with van der Waals surface area (Å²) in [5.41, 5.74) is 1.78. The first-order valence-electron chi connectivity index (χ1n) is 11.6. The molecule has 1 saturated heterocycles. The van der Waals surface area contributed by atoms with E-state index in [0.29, 0.717) is 24.8 Å². The largest absolute Gasteiger partial charge is 0.497 e. The van der Waals surface area contributed by atoms with Crippen molar-refractivity contribution in [3.05, 3.63) is 36.0 Å². The van der Waals surface area contributed by atoms with Crippen molar-refractivity contribution in [2.45, 2.75) is 64.9 Å². The van der Waals surface area contributed by atoms with E-state index in [0.717, 1.165) is 55.3 Å². The fourth-order valence-corrected chi connectivity index (χ4v) is 4.61. The van der Waals surface area contributed by atoms with E-state index < -0.39 is 5.60 Å². The summed E-state index contributed by atoms with van der Waals surface area (Å²) in [6, 6.07) is 10.4. The molecule has 1 aromatic heterocycles. The number of ether oxygens (including phenoxy) is 2. The summed E-state index contributed by atoms with van der Waals surface area (Å²) in [5.74, 6) is 1.70. The molecule has 172 valence electrons. The first-order chi connectivity index (χ1) is 15.3. The molecule has 2 heterocycles. The molecule has 1 aliphatic heterocycles. The van der Waals surface area contributed by atoms with Crippen LogP contribution in [-0.4, -0.2) is 41.8 Å². The van der Waals surface area contributed by atoms with Crippen molar-refractivity contribution in [3.8, 4) is 11.8 Å². The summed E-state index contributed by atoms with van der Waals surface area (Å²) in [4.78, 5) is 18.8. The average Bonchev–Trinajstić information content (AvgIpc) is 2.76. The van der Waals surface area contributed by atoms with Crippen molar-refractivity contribution in [2.75, 3.05) is 20.2 Å². The number of likely N-dealkylation sites (tertiary alicyclic amines) is 1. The van der Waals surface area contributed by atoms with Crippen LogP contribution in [0.1, 0.15) is 58.4 Å². The lowest BCUT2D eigenvalue weighted by Crippen LogP contribution is -2.45. The highest BCUT2D eigenvalue weighted by molar-refractivity contribution is 5.83. The maximum atomic E-state index is 12.5. The van der Waals surface area contributed by atoms with Gasteiger partial charge < -0.3 is 14.4 Å². The lowest BCUT2D eigenvalue weighted by molar-refractivity contribution is 0.00876. The summed E-state index contributed by atoms with van der Waals surface area (Å²) < 4.78 is 11.0. The van der Waals surface area contributed by atoms with Gasteiger partial charge in [0.1, 0.15) is 11.4 Å². The number of hydrogen-bond donors (Lipinski definition) is 0. The van der Waals surface area contributed by atoms with Gasteiger partial charge in [-0.3, -0.25) is 4.98 Å². The van der Waals surface area contributed by atoms with E-state index in [-0.39, 0.29) is 6.09 Å². The van der Waals surface area contributed by atoms with Crippen molar-refractivity contribution in [3.63, 3.8) is 0 Å². The quantitative estimate of drug-likeness (QED) is 0.552. The van der Waals surface area contributed by atoms with E-state index in [9.17, 15) is 4.79 Å². The molecule has 2 aromatic rings. The number of piperidine rings is 1. The number of hydrogen-bond acceptors (Lipinski definition) is 5. The minimum atomic E-state index is -0.494. The summed E-state index contributed by atoms with van der Waals surface area (Å²) in [6.07, 6.45) is 7.08. The van der Waals surface area contributed by atoms with Crippen LogP contribution in [-0.2, 0) is 11.2 Å². The van der Waals surface area contributed by atoms with E-state index in [1.165, 1.54) is 5.56 Å². The Balaban J connectivity index is 1.62. The molecule has 32 heavy (non-hydrogen) atoms. The normalized spacial score (nSPS) is 18.9. The molecule has 0 radical (unpaired) electrons. The molecule has 0 bridgehead atoms. The molecule has 2 atom stereocenters. The second-order valence-corrected chi connectivity index (χ2v) is 9.68. The van der Waals surface area contributed by atoms with Crippen LogP contribution < -0.4 is 4.74 Å². The number of carbonyl (C=O) groups is 1. The Hall–Kier alpha value is -2.81. The van der Waals surface area contributed by atoms with E-state index in [4.69, 9.17) is 14.7 Å². The maximum absolute atomic E-state index is 12.5. The van der Waals surface area contributed by atoms with Gasteiger partial charge in [0.15, 0.2) is 0 Å². The van der Waals surface area contributed by atoms with Crippen molar-refractivity contribution in [1.29, 1.82) is 5.26 Å². The smallest absolute Gasteiger partial charge is 0.410 e. The third kappa shape index (κ3) is 6.35. The molecular weight excluding hydrogens is 402 g/mol. The molecule has 3 rings (SSSR count). The van der Waals surface area contributed by atoms with E-state index >= 15 is 0 Å². The Labute approximate surface area is 191 Å². The highest BCUT2D eigenvalue weighted by Gasteiger charge is 2.33. The molecule has 1 aromatic carbocycles. The Morgan fingerprint density at radius 1 is 1.25 bits per heavy atom. The van der Waals surface area contributed by atoms with Gasteiger partial charge in [-0.05, 0) is 94.5 Å². The average molecular weight is 438 g/mol. The third-order valence-electron chi connectivity index (χ3n) is 6.23. The second kappa shape index (κ2) is 10.7. The van der Waals surface area contributed by atoms with E-state index in [1.54, 1.807) is 7.11 Å². The number of carbonyl (C=O) groups excluding carboxylic acids is 1. The highest BCUT2D eigenvalue weighted by Crippen LogP contribution is 2.33. The number of pyridine rings is 1. The standard InChI is InChI=1S/C26H35N3O3/c1-26(2,3)32-25(30)29-16-13-19(21(18-29)9-6-14-27)7-5-8-20-12-15-28-24-11-10-22(31-4)17-23(20)24/h10-12,15,17,19,21H,5-9,13,16,18H2,1-4H3/t19-,21+/m1/s1. The first-order valence-corrected chi connectivity index (χ1v) is 11.6. The van der Waals surface area contributed by atoms with Crippen LogP contribution in [0, 0.1) is 23.2 Å². The molecule has 0 saturated carbocycles. The SMILES string of the molecule is COc1ccc2nccc(CCC[C@@H]3CCN(C(=O)OC(C)(C)C)C[C@@H]3CCC#N)c2c1. The Kier molecular flexibility index (Phi) is 7.95. The van der Waals surface area contributed by atoms with Crippen LogP contribution in [0.3, 0.4) is 0 Å². The molecule has 1 fully saturated rings. The molecule has 1 aliphatic rings. The molecule has 6 nitrogen and oxygen atoms in total. The van der Waals surface area contributed by atoms with Gasteiger partial charge in [0.25, 0.3) is 0 Å². The van der Waals surface area contributed by atoms with E-state index in [1.807, 2.05) is 44.0 Å². The number of amides is 1. The maximum Gasteiger partial charge on any atom is 0.410 e. The van der Waals surface area contributed by atoms with E-state index in [2.05, 4.69) is 23.2 Å². The van der Waals surface area contributed by atoms with Gasteiger partial charge in [-0.25, -0.2) is 4.79 Å². The predicted molar refractivity (Wildman–Crippen MR) is 125 cm³/mol. The van der Waals surface area contributed by atoms with Gasteiger partial charge in [-0.2, -0.15) is 5.26 Å². The van der Waals surface area contributed by atoms with Gasteiger partial charge in [0, 0.05) is 31.1 Å². The minimum absolute atomic E-state index is 0.241. The zero-order valence-corrected chi connectivity index (χ0v) is 19.8. The number of nitrogens with zero attached hydrogens (tertiary/aromatic N) is 3. The zero-order valence-electron chi connectivity index (χ0n) is 19.8. The number of rotatable bonds is 7. The molecule has 1 amide bonds. The highest BCUT2D eigenvalue weighted by atomic mass is 16.6. The number of benzene rings is 1. The Bertz CT molecular complexity index is 961. The molecule has 0 aliphatic carbocycles. The Morgan fingerprint density at radius 2 is 2.06 bits per heavy atom. The number of fused-ring (bicyclic) bond motifs is 1. The minimum Gasteiger partial charge on any atom is -0.497 e. The molecule has 6 heteroatoms. The van der Waals surface area contributed by atoms with Crippen molar-refractivity contribution < 1.29 is 14.3 Å². The van der Waals surface area contributed by atoms with Crippen LogP contribution in [0.15, 0.2) is 30.5 Å². The van der Waals surface area contributed by atoms with Crippen LogP contribution in [0.5, 0.6) is 5.75 Å². The van der Waals surface area contributed by atoms with Crippen molar-refractivity contribution >= 4 is 17.0 Å². The van der Waals surface area contributed by atoms with Crippen LogP contribution in [0.2, 0.25) is 0 Å². The molecule has 0 N–H and O–H groups in total. The topological polar surface area (TPSA) is 75.4 Å². The zero-order chi connectivity index (χ0) is 23.1.